The second kappa shape index (κ2) is 3.94. The van der Waals surface area contributed by atoms with Crippen molar-refractivity contribution in [2.24, 2.45) is 0 Å². The fourth-order valence-electron chi connectivity index (χ4n) is 1.32. The van der Waals surface area contributed by atoms with E-state index in [2.05, 4.69) is 4.98 Å². The van der Waals surface area contributed by atoms with Crippen LogP contribution in [0.15, 0.2) is 27.8 Å². The molecule has 0 saturated heterocycles. The van der Waals surface area contributed by atoms with Crippen LogP contribution in [0.1, 0.15) is 5.56 Å². The first-order valence-corrected chi connectivity index (χ1v) is 5.57. The highest BCUT2D eigenvalue weighted by Gasteiger charge is 2.07. The number of thioether (sulfide) groups is 1. The van der Waals surface area contributed by atoms with Crippen molar-refractivity contribution >= 4 is 28.8 Å². The van der Waals surface area contributed by atoms with E-state index in [1.54, 1.807) is 18.2 Å². The van der Waals surface area contributed by atoms with Gasteiger partial charge >= 0.3 is 5.97 Å². The molecule has 0 spiro atoms. The Balaban J connectivity index is 2.41. The van der Waals surface area contributed by atoms with Crippen LogP contribution in [0, 0.1) is 0 Å². The summed E-state index contributed by atoms with van der Waals surface area (Å²) in [5.74, 6) is -0.848. The minimum atomic E-state index is -0.848. The average Bonchev–Trinajstić information content (AvgIpc) is 2.58. The summed E-state index contributed by atoms with van der Waals surface area (Å²) < 4.78 is 5.40. The standard InChI is InChI=1S/C10H9NO3S/c1-15-10-11-7-3-2-6(5-9(12)13)4-8(7)14-10/h2-4H,5H2,1H3,(H,12,13). The summed E-state index contributed by atoms with van der Waals surface area (Å²) in [4.78, 5) is 14.7. The Bertz CT molecular complexity index is 506. The second-order valence-corrected chi connectivity index (χ2v) is 3.81. The topological polar surface area (TPSA) is 63.3 Å². The van der Waals surface area contributed by atoms with Gasteiger partial charge < -0.3 is 9.52 Å². The van der Waals surface area contributed by atoms with Gasteiger partial charge in [-0.2, -0.15) is 0 Å². The van der Waals surface area contributed by atoms with Crippen molar-refractivity contribution < 1.29 is 14.3 Å². The van der Waals surface area contributed by atoms with E-state index in [1.807, 2.05) is 6.26 Å². The Kier molecular flexibility index (Phi) is 2.64. The van der Waals surface area contributed by atoms with Crippen LogP contribution >= 0.6 is 11.8 Å². The van der Waals surface area contributed by atoms with E-state index in [4.69, 9.17) is 9.52 Å². The Morgan fingerprint density at radius 1 is 1.60 bits per heavy atom. The normalized spacial score (nSPS) is 10.7. The third-order valence-corrected chi connectivity index (χ3v) is 2.49. The Hall–Kier alpha value is -1.49. The fraction of sp³-hybridized carbons (Fsp3) is 0.200. The quantitative estimate of drug-likeness (QED) is 0.808. The molecule has 0 radical (unpaired) electrons. The molecule has 1 aromatic heterocycles. The van der Waals surface area contributed by atoms with Crippen molar-refractivity contribution in [3.63, 3.8) is 0 Å². The summed E-state index contributed by atoms with van der Waals surface area (Å²) in [6, 6.07) is 5.25. The minimum Gasteiger partial charge on any atom is -0.481 e. The number of oxazole rings is 1. The maximum absolute atomic E-state index is 10.5. The number of benzene rings is 1. The van der Waals surface area contributed by atoms with Crippen molar-refractivity contribution in [1.29, 1.82) is 0 Å². The zero-order chi connectivity index (χ0) is 10.8. The largest absolute Gasteiger partial charge is 0.481 e. The number of rotatable bonds is 3. The van der Waals surface area contributed by atoms with Gasteiger partial charge in [-0.25, -0.2) is 4.98 Å². The first-order chi connectivity index (χ1) is 7.19. The van der Waals surface area contributed by atoms with Crippen LogP contribution in [-0.4, -0.2) is 22.3 Å². The monoisotopic (exact) mass is 223 g/mol. The summed E-state index contributed by atoms with van der Waals surface area (Å²) in [6.45, 7) is 0. The lowest BCUT2D eigenvalue weighted by atomic mass is 10.1. The summed E-state index contributed by atoms with van der Waals surface area (Å²) in [7, 11) is 0. The van der Waals surface area contributed by atoms with Crippen LogP contribution in [0.5, 0.6) is 0 Å². The molecule has 0 aliphatic carbocycles. The van der Waals surface area contributed by atoms with Gasteiger partial charge in [0.15, 0.2) is 5.58 Å². The number of hydrogen-bond acceptors (Lipinski definition) is 4. The average molecular weight is 223 g/mol. The van der Waals surface area contributed by atoms with Gasteiger partial charge in [-0.3, -0.25) is 4.79 Å². The molecule has 0 aliphatic heterocycles. The van der Waals surface area contributed by atoms with Gasteiger partial charge in [-0.15, -0.1) is 0 Å². The summed E-state index contributed by atoms with van der Waals surface area (Å²) in [5, 5.41) is 9.23. The summed E-state index contributed by atoms with van der Waals surface area (Å²) in [5.41, 5.74) is 2.12. The number of carboxylic acids is 1. The molecule has 4 nitrogen and oxygen atoms in total. The van der Waals surface area contributed by atoms with Crippen LogP contribution < -0.4 is 0 Å². The molecule has 0 unspecified atom stereocenters. The minimum absolute atomic E-state index is 0.00520. The van der Waals surface area contributed by atoms with Crippen molar-refractivity contribution in [2.45, 2.75) is 11.6 Å². The number of aromatic nitrogens is 1. The first kappa shape index (κ1) is 10.0. The lowest BCUT2D eigenvalue weighted by Gasteiger charge is -1.94. The van der Waals surface area contributed by atoms with Crippen molar-refractivity contribution in [2.75, 3.05) is 6.26 Å². The van der Waals surface area contributed by atoms with Crippen LogP contribution in [0.2, 0.25) is 0 Å². The highest BCUT2D eigenvalue weighted by Crippen LogP contribution is 2.22. The van der Waals surface area contributed by atoms with Gasteiger partial charge in [0.1, 0.15) is 5.52 Å². The smallest absolute Gasteiger partial charge is 0.307 e. The Morgan fingerprint density at radius 3 is 3.07 bits per heavy atom. The van der Waals surface area contributed by atoms with Gasteiger partial charge in [0, 0.05) is 0 Å². The third-order valence-electron chi connectivity index (χ3n) is 1.96. The van der Waals surface area contributed by atoms with E-state index in [-0.39, 0.29) is 6.42 Å². The maximum atomic E-state index is 10.5. The summed E-state index contributed by atoms with van der Waals surface area (Å²) >= 11 is 1.42. The molecule has 0 bridgehead atoms. The van der Waals surface area contributed by atoms with Gasteiger partial charge in [-0.05, 0) is 24.0 Å². The highest BCUT2D eigenvalue weighted by molar-refractivity contribution is 7.98. The van der Waals surface area contributed by atoms with Crippen molar-refractivity contribution in [1.82, 2.24) is 4.98 Å². The lowest BCUT2D eigenvalue weighted by Crippen LogP contribution is -1.99. The molecule has 0 amide bonds. The number of aliphatic carboxylic acids is 1. The first-order valence-electron chi connectivity index (χ1n) is 4.34. The van der Waals surface area contributed by atoms with Gasteiger partial charge in [0.05, 0.1) is 6.42 Å². The lowest BCUT2D eigenvalue weighted by molar-refractivity contribution is -0.136. The van der Waals surface area contributed by atoms with E-state index in [0.29, 0.717) is 10.8 Å². The Morgan fingerprint density at radius 2 is 2.40 bits per heavy atom. The second-order valence-electron chi connectivity index (χ2n) is 3.06. The number of nitrogens with zero attached hydrogens (tertiary/aromatic N) is 1. The molecule has 15 heavy (non-hydrogen) atoms. The number of carbonyl (C=O) groups is 1. The van der Waals surface area contributed by atoms with Gasteiger partial charge in [0.25, 0.3) is 5.22 Å². The molecule has 2 rings (SSSR count). The molecule has 0 fully saturated rings. The molecule has 78 valence electrons. The van der Waals surface area contributed by atoms with Gasteiger partial charge in [-0.1, -0.05) is 17.8 Å². The molecule has 1 heterocycles. The summed E-state index contributed by atoms with van der Waals surface area (Å²) in [6.07, 6.45) is 1.88. The predicted molar refractivity (Wildman–Crippen MR) is 57.1 cm³/mol. The van der Waals surface area contributed by atoms with Crippen LogP contribution in [0.4, 0.5) is 0 Å². The molecule has 1 N–H and O–H groups in total. The molecule has 2 aromatic rings. The highest BCUT2D eigenvalue weighted by atomic mass is 32.2. The molecule has 0 atom stereocenters. The van der Waals surface area contributed by atoms with Gasteiger partial charge in [0.2, 0.25) is 0 Å². The van der Waals surface area contributed by atoms with Crippen LogP contribution in [0.25, 0.3) is 11.1 Å². The molecular formula is C10H9NO3S. The van der Waals surface area contributed by atoms with E-state index < -0.39 is 5.97 Å². The van der Waals surface area contributed by atoms with E-state index in [9.17, 15) is 4.79 Å². The molecule has 0 aliphatic rings. The van der Waals surface area contributed by atoms with Crippen LogP contribution in [0.3, 0.4) is 0 Å². The zero-order valence-corrected chi connectivity index (χ0v) is 8.87. The van der Waals surface area contributed by atoms with E-state index >= 15 is 0 Å². The van der Waals surface area contributed by atoms with Crippen LogP contribution in [-0.2, 0) is 11.2 Å². The predicted octanol–water partition coefficient (Wildman–Crippen LogP) is 2.18. The fourth-order valence-corrected chi connectivity index (χ4v) is 1.68. The SMILES string of the molecule is CSc1nc2ccc(CC(=O)O)cc2o1. The molecule has 5 heteroatoms. The molecule has 1 aromatic carbocycles. The number of hydrogen-bond donors (Lipinski definition) is 1. The number of fused-ring (bicyclic) bond motifs is 1. The van der Waals surface area contributed by atoms with Crippen molar-refractivity contribution in [3.8, 4) is 0 Å². The Labute approximate surface area is 90.3 Å². The molecule has 0 saturated carbocycles. The molecular weight excluding hydrogens is 214 g/mol. The van der Waals surface area contributed by atoms with Crippen molar-refractivity contribution in [3.05, 3.63) is 23.8 Å². The zero-order valence-electron chi connectivity index (χ0n) is 8.06. The third kappa shape index (κ3) is 2.12. The van der Waals surface area contributed by atoms with E-state index in [1.165, 1.54) is 11.8 Å². The van der Waals surface area contributed by atoms with E-state index in [0.717, 1.165) is 11.1 Å². The maximum Gasteiger partial charge on any atom is 0.307 e. The number of carboxylic acid groups (broad SMARTS) is 1.